The number of hydrogen-bond acceptors (Lipinski definition) is 7. The zero-order valence-electron chi connectivity index (χ0n) is 27.7. The van der Waals surface area contributed by atoms with Gasteiger partial charge in [0.1, 0.15) is 27.2 Å². The summed E-state index contributed by atoms with van der Waals surface area (Å²) in [6.45, 7) is 13.5. The summed E-state index contributed by atoms with van der Waals surface area (Å²) in [5.74, 6) is -1.57. The van der Waals surface area contributed by atoms with Crippen molar-refractivity contribution >= 4 is 105 Å². The minimum absolute atomic E-state index is 0.293. The number of benzene rings is 1. The molecule has 11 heteroatoms. The average Bonchev–Trinajstić information content (AvgIpc) is 3.88. The lowest BCUT2D eigenvalue weighted by Gasteiger charge is -2.28. The van der Waals surface area contributed by atoms with Gasteiger partial charge in [-0.05, 0) is 83.0 Å². The molecule has 0 N–H and O–H groups in total. The molecule has 0 saturated carbocycles. The number of hydrogen-bond donors (Lipinski definition) is 0. The van der Waals surface area contributed by atoms with Crippen molar-refractivity contribution in [2.24, 2.45) is 0 Å². The van der Waals surface area contributed by atoms with Crippen LogP contribution in [0.15, 0.2) is 24.3 Å². The fourth-order valence-corrected chi connectivity index (χ4v) is 28.2. The SMILES string of the molecule is CCC[Si]1(CCC)c2cc(C)sc2-c2sc(-c3c(F)c(F)c(-c4cc5c(s4)-c4sc(C)cc4[Si]5(CCC)CCC)c4nsnc34)cc21. The maximum absolute atomic E-state index is 16.7. The molecule has 2 aliphatic rings. The first kappa shape index (κ1) is 32.3. The van der Waals surface area contributed by atoms with Gasteiger partial charge in [0.15, 0.2) is 11.6 Å². The van der Waals surface area contributed by atoms with Crippen LogP contribution in [0.25, 0.3) is 51.4 Å². The van der Waals surface area contributed by atoms with Gasteiger partial charge < -0.3 is 0 Å². The number of fused-ring (bicyclic) bond motifs is 7. The van der Waals surface area contributed by atoms with Crippen molar-refractivity contribution in [1.82, 2.24) is 8.75 Å². The second kappa shape index (κ2) is 11.9. The predicted octanol–water partition coefficient (Wildman–Crippen LogP) is 10.9. The third-order valence-electron chi connectivity index (χ3n) is 10.4. The number of aryl methyl sites for hydroxylation is 2. The number of nitrogens with zero attached hydrogens (tertiary/aromatic N) is 2. The summed E-state index contributed by atoms with van der Waals surface area (Å²) in [4.78, 5) is 9.57. The molecule has 8 rings (SSSR count). The largest absolute Gasteiger partial charge is 0.203 e. The smallest absolute Gasteiger partial charge is 0.170 e. The van der Waals surface area contributed by atoms with Crippen LogP contribution in [0.3, 0.4) is 0 Å². The Morgan fingerprint density at radius 2 is 0.872 bits per heavy atom. The van der Waals surface area contributed by atoms with Crippen LogP contribution in [0, 0.1) is 25.5 Å². The molecule has 1 aromatic carbocycles. The molecule has 0 unspecified atom stereocenters. The average molecular weight is 753 g/mol. The maximum atomic E-state index is 16.7. The van der Waals surface area contributed by atoms with E-state index in [4.69, 9.17) is 0 Å². The van der Waals surface area contributed by atoms with Gasteiger partial charge in [0.2, 0.25) is 0 Å². The van der Waals surface area contributed by atoms with Crippen LogP contribution in [0.1, 0.15) is 63.1 Å². The van der Waals surface area contributed by atoms with E-state index in [0.29, 0.717) is 22.2 Å². The van der Waals surface area contributed by atoms with Crippen molar-refractivity contribution in [2.75, 3.05) is 0 Å². The second-order valence-corrected chi connectivity index (χ2v) is 27.0. The molecule has 0 amide bonds. The van der Waals surface area contributed by atoms with Gasteiger partial charge in [0.25, 0.3) is 0 Å². The molecule has 6 aromatic rings. The standard InChI is InChI=1S/C36H38F2N2S5Si2/c1-7-11-46(12-8-2)23-15-19(5)41-33(23)35-25(46)17-21(43-35)27-29(37)30(38)28(32-31(27)39-45-40-32)22-18-26-36(44-22)34-24(16-20(6)42-34)47(26,13-9-3)14-10-4/h15-18H,7-14H2,1-6H3. The van der Waals surface area contributed by atoms with Gasteiger partial charge in [-0.15, -0.1) is 45.3 Å². The lowest BCUT2D eigenvalue weighted by molar-refractivity contribution is 0.516. The van der Waals surface area contributed by atoms with Gasteiger partial charge in [0, 0.05) is 39.0 Å². The van der Waals surface area contributed by atoms with Crippen LogP contribution in [0.2, 0.25) is 24.2 Å². The topological polar surface area (TPSA) is 25.8 Å². The lowest BCUT2D eigenvalue weighted by Crippen LogP contribution is -2.54. The molecule has 2 nitrogen and oxygen atoms in total. The lowest BCUT2D eigenvalue weighted by atomic mass is 10.0. The van der Waals surface area contributed by atoms with Crippen LogP contribution in [0.4, 0.5) is 8.78 Å². The summed E-state index contributed by atoms with van der Waals surface area (Å²) in [6, 6.07) is 14.1. The highest BCUT2D eigenvalue weighted by molar-refractivity contribution is 7.31. The van der Waals surface area contributed by atoms with E-state index in [1.54, 1.807) is 33.0 Å². The van der Waals surface area contributed by atoms with Gasteiger partial charge >= 0.3 is 0 Å². The Balaban J connectivity index is 1.31. The quantitative estimate of drug-likeness (QED) is 0.130. The Morgan fingerprint density at radius 1 is 0.532 bits per heavy atom. The molecule has 2 aliphatic heterocycles. The molecule has 7 heterocycles. The van der Waals surface area contributed by atoms with Crippen LogP contribution >= 0.6 is 57.1 Å². The Kier molecular flexibility index (Phi) is 8.18. The summed E-state index contributed by atoms with van der Waals surface area (Å²) >= 11 is 8.07. The Bertz CT molecular complexity index is 2020. The summed E-state index contributed by atoms with van der Waals surface area (Å²) in [5, 5.41) is 5.99. The summed E-state index contributed by atoms with van der Waals surface area (Å²) < 4.78 is 42.8. The minimum Gasteiger partial charge on any atom is -0.203 e. The van der Waals surface area contributed by atoms with Crippen molar-refractivity contribution in [1.29, 1.82) is 0 Å². The normalized spacial score (nSPS) is 15.4. The van der Waals surface area contributed by atoms with Gasteiger partial charge in [0.05, 0.1) is 22.9 Å². The van der Waals surface area contributed by atoms with Crippen LogP contribution < -0.4 is 20.7 Å². The van der Waals surface area contributed by atoms with Crippen molar-refractivity contribution < 1.29 is 8.78 Å². The molecule has 0 spiro atoms. The molecule has 47 heavy (non-hydrogen) atoms. The summed E-state index contributed by atoms with van der Waals surface area (Å²) in [6.07, 6.45) is 4.50. The summed E-state index contributed by atoms with van der Waals surface area (Å²) in [7, 11) is -3.98. The van der Waals surface area contributed by atoms with Gasteiger partial charge in [-0.25, -0.2) is 8.78 Å². The molecule has 0 saturated heterocycles. The van der Waals surface area contributed by atoms with E-state index >= 15 is 8.78 Å². The van der Waals surface area contributed by atoms with Crippen molar-refractivity contribution in [3.8, 4) is 40.4 Å². The second-order valence-electron chi connectivity index (χ2n) is 13.4. The number of rotatable bonds is 10. The summed E-state index contributed by atoms with van der Waals surface area (Å²) in [5.41, 5.74) is 1.58. The zero-order valence-corrected chi connectivity index (χ0v) is 33.7. The number of aromatic nitrogens is 2. The maximum Gasteiger partial charge on any atom is 0.170 e. The van der Waals surface area contributed by atoms with Crippen LogP contribution in [-0.4, -0.2) is 24.9 Å². The first-order valence-corrected chi connectivity index (χ1v) is 25.7. The Labute approximate surface area is 297 Å². The zero-order chi connectivity index (χ0) is 32.8. The highest BCUT2D eigenvalue weighted by Gasteiger charge is 2.48. The molecule has 0 aliphatic carbocycles. The first-order valence-electron chi connectivity index (χ1n) is 16.9. The molecule has 0 radical (unpaired) electrons. The first-order chi connectivity index (χ1) is 22.7. The Morgan fingerprint density at radius 3 is 1.23 bits per heavy atom. The monoisotopic (exact) mass is 752 g/mol. The predicted molar refractivity (Wildman–Crippen MR) is 210 cm³/mol. The third-order valence-corrected chi connectivity index (χ3v) is 27.5. The molecular weight excluding hydrogens is 715 g/mol. The Hall–Kier alpha value is -1.87. The van der Waals surface area contributed by atoms with E-state index in [9.17, 15) is 0 Å². The van der Waals surface area contributed by atoms with E-state index in [-0.39, 0.29) is 0 Å². The van der Waals surface area contributed by atoms with E-state index in [1.807, 2.05) is 22.7 Å². The van der Waals surface area contributed by atoms with Crippen LogP contribution in [-0.2, 0) is 0 Å². The molecule has 5 aromatic heterocycles. The molecule has 0 fully saturated rings. The van der Waals surface area contributed by atoms with Gasteiger partial charge in [-0.2, -0.15) is 8.75 Å². The minimum atomic E-state index is -1.99. The van der Waals surface area contributed by atoms with E-state index in [0.717, 1.165) is 47.2 Å². The fourth-order valence-electron chi connectivity index (χ4n) is 8.87. The van der Waals surface area contributed by atoms with Crippen LogP contribution in [0.5, 0.6) is 0 Å². The van der Waals surface area contributed by atoms with Crippen molar-refractivity contribution in [2.45, 2.75) is 91.4 Å². The van der Waals surface area contributed by atoms with Gasteiger partial charge in [-0.1, -0.05) is 53.4 Å². The molecular formula is C36H38F2N2S5Si2. The fraction of sp³-hybridized carbons (Fsp3) is 0.389. The number of thiophene rings is 4. The van der Waals surface area contributed by atoms with E-state index in [1.165, 1.54) is 63.8 Å². The molecule has 0 bridgehead atoms. The van der Waals surface area contributed by atoms with Crippen molar-refractivity contribution in [3.63, 3.8) is 0 Å². The molecule has 244 valence electrons. The highest BCUT2D eigenvalue weighted by Crippen LogP contribution is 2.50. The van der Waals surface area contributed by atoms with E-state index in [2.05, 4.69) is 74.6 Å². The van der Waals surface area contributed by atoms with Crippen molar-refractivity contribution in [3.05, 3.63) is 45.7 Å². The third kappa shape index (κ3) is 4.49. The molecule has 0 atom stereocenters. The number of halogens is 2. The van der Waals surface area contributed by atoms with E-state index < -0.39 is 27.8 Å². The van der Waals surface area contributed by atoms with Gasteiger partial charge in [-0.3, -0.25) is 0 Å². The highest BCUT2D eigenvalue weighted by atomic mass is 32.1.